The van der Waals surface area contributed by atoms with Crippen LogP contribution in [-0.4, -0.2) is 74.7 Å². The van der Waals surface area contributed by atoms with Crippen molar-refractivity contribution in [1.29, 1.82) is 0 Å². The molecule has 2 aromatic carbocycles. The molecule has 2 amide bonds. The van der Waals surface area contributed by atoms with Gasteiger partial charge in [0, 0.05) is 96.9 Å². The lowest BCUT2D eigenvalue weighted by atomic mass is 10.1. The molecule has 0 aliphatic carbocycles. The molecule has 0 saturated carbocycles. The standard InChI is InChI=1S/C22H21N7O.C16H13FN4O.C6H9N3/c1-12(19-11-23-8-9-24-19)27-21-13(2)26-17-5-3-4-14(20(17)29-21)18-10-15-16(28-18)6-7-25-22(15)30;1-8-15(17)21-14-9(3-2-4-12(14)19-8)13-7-10-11(20-13)5-6-18-16(10)22;1-5(7)6-4-8-2-3-9-6/h3-5,8-12,28H,6-7H2,1-2H3,(H,25,30)(H,27,29);2-4,7,20H,5-6H2,1H3,(H,18,22);2-5H,7H2,1H3. The van der Waals surface area contributed by atoms with Crippen LogP contribution in [0.3, 0.4) is 0 Å². The molecule has 8 aromatic rings. The van der Waals surface area contributed by atoms with E-state index in [0.29, 0.717) is 41.1 Å². The van der Waals surface area contributed by atoms with Crippen LogP contribution < -0.4 is 21.7 Å². The van der Waals surface area contributed by atoms with Gasteiger partial charge in [-0.05, 0) is 52.0 Å². The number of para-hydroxylation sites is 2. The van der Waals surface area contributed by atoms with Crippen LogP contribution in [-0.2, 0) is 12.8 Å². The minimum absolute atomic E-state index is 0.0151. The molecule has 0 bridgehead atoms. The molecule has 7 N–H and O–H groups in total. The zero-order valence-corrected chi connectivity index (χ0v) is 33.9. The Kier molecular flexibility index (Phi) is 11.5. The topological polar surface area (TPSA) is 231 Å². The first kappa shape index (κ1) is 40.3. The van der Waals surface area contributed by atoms with E-state index in [1.54, 1.807) is 56.2 Å². The van der Waals surface area contributed by atoms with Crippen molar-refractivity contribution in [2.24, 2.45) is 5.73 Å². The minimum atomic E-state index is -0.575. The summed E-state index contributed by atoms with van der Waals surface area (Å²) in [5.41, 5.74) is 17.4. The number of aryl methyl sites for hydroxylation is 2. The van der Waals surface area contributed by atoms with Gasteiger partial charge < -0.3 is 31.7 Å². The molecule has 0 saturated heterocycles. The highest BCUT2D eigenvalue weighted by atomic mass is 19.1. The average molecular weight is 819 g/mol. The van der Waals surface area contributed by atoms with Gasteiger partial charge in [-0.3, -0.25) is 29.5 Å². The number of aromatic nitrogens is 10. The molecule has 8 heterocycles. The second kappa shape index (κ2) is 17.4. The van der Waals surface area contributed by atoms with Gasteiger partial charge in [-0.1, -0.05) is 24.3 Å². The Morgan fingerprint density at radius 1 is 0.672 bits per heavy atom. The fourth-order valence-electron chi connectivity index (χ4n) is 7.12. The summed E-state index contributed by atoms with van der Waals surface area (Å²) in [6.45, 7) is 8.68. The van der Waals surface area contributed by atoms with Crippen LogP contribution in [0.15, 0.2) is 85.7 Å². The fourth-order valence-corrected chi connectivity index (χ4v) is 7.12. The summed E-state index contributed by atoms with van der Waals surface area (Å²) in [6, 6.07) is 15.0. The molecular weight excluding hydrogens is 776 g/mol. The molecule has 2 aliphatic rings. The first-order chi connectivity index (χ1) is 29.5. The predicted molar refractivity (Wildman–Crippen MR) is 229 cm³/mol. The van der Waals surface area contributed by atoms with Gasteiger partial charge in [-0.15, -0.1) is 0 Å². The monoisotopic (exact) mass is 818 g/mol. The maximum atomic E-state index is 13.8. The van der Waals surface area contributed by atoms with Crippen LogP contribution in [0.2, 0.25) is 0 Å². The number of carbonyl (C=O) groups excluding carboxylic acids is 2. The van der Waals surface area contributed by atoms with Crippen molar-refractivity contribution in [3.8, 4) is 22.5 Å². The maximum absolute atomic E-state index is 13.8. The van der Waals surface area contributed by atoms with Gasteiger partial charge in [0.25, 0.3) is 11.8 Å². The summed E-state index contributed by atoms with van der Waals surface area (Å²) >= 11 is 0. The number of nitrogens with one attached hydrogen (secondary N) is 5. The number of hydrogen-bond acceptors (Lipinski definition) is 12. The third-order valence-corrected chi connectivity index (χ3v) is 10.3. The van der Waals surface area contributed by atoms with Gasteiger partial charge in [0.05, 0.1) is 57.2 Å². The number of aromatic amines is 2. The second-order valence-corrected chi connectivity index (χ2v) is 14.7. The van der Waals surface area contributed by atoms with E-state index in [2.05, 4.69) is 55.8 Å². The third kappa shape index (κ3) is 8.63. The van der Waals surface area contributed by atoms with Gasteiger partial charge in [-0.25, -0.2) is 19.9 Å². The Balaban J connectivity index is 0.000000144. The summed E-state index contributed by atoms with van der Waals surface area (Å²) in [4.78, 5) is 65.0. The van der Waals surface area contributed by atoms with E-state index in [9.17, 15) is 14.0 Å². The van der Waals surface area contributed by atoms with Gasteiger partial charge in [0.2, 0.25) is 5.95 Å². The zero-order valence-electron chi connectivity index (χ0n) is 33.9. The number of benzene rings is 2. The smallest absolute Gasteiger partial charge is 0.253 e. The second-order valence-electron chi connectivity index (χ2n) is 14.7. The molecule has 0 fully saturated rings. The lowest BCUT2D eigenvalue weighted by molar-refractivity contribution is 0.0937. The SMILES string of the molecule is CC(N)c1cnccn1.Cc1nc2cccc(-c3cc4c([nH]3)CCNC4=O)c2nc1F.Cc1nc2cccc(-c3cc4c([nH]3)CCNC4=O)c2nc1NC(C)c1cnccn1. The number of hydrogen-bond donors (Lipinski definition) is 6. The van der Waals surface area contributed by atoms with Crippen LogP contribution in [0.25, 0.3) is 44.6 Å². The third-order valence-electron chi connectivity index (χ3n) is 10.3. The highest BCUT2D eigenvalue weighted by Crippen LogP contribution is 2.32. The van der Waals surface area contributed by atoms with Crippen LogP contribution in [0.5, 0.6) is 0 Å². The number of fused-ring (bicyclic) bond motifs is 4. The van der Waals surface area contributed by atoms with Crippen molar-refractivity contribution < 1.29 is 14.0 Å². The number of nitrogens with two attached hydrogens (primary N) is 1. The summed E-state index contributed by atoms with van der Waals surface area (Å²) in [5, 5.41) is 9.10. The van der Waals surface area contributed by atoms with Crippen molar-refractivity contribution in [3.05, 3.63) is 137 Å². The Labute approximate surface area is 349 Å². The molecule has 0 radical (unpaired) electrons. The average Bonchev–Trinajstić information content (AvgIpc) is 3.92. The van der Waals surface area contributed by atoms with Crippen molar-refractivity contribution in [2.75, 3.05) is 18.4 Å². The molecule has 16 nitrogen and oxygen atoms in total. The maximum Gasteiger partial charge on any atom is 0.253 e. The molecule has 308 valence electrons. The Hall–Kier alpha value is -7.53. The number of anilines is 1. The van der Waals surface area contributed by atoms with Crippen molar-refractivity contribution in [3.63, 3.8) is 0 Å². The number of nitrogens with zero attached hydrogens (tertiary/aromatic N) is 8. The lowest BCUT2D eigenvalue weighted by Crippen LogP contribution is -2.31. The van der Waals surface area contributed by atoms with E-state index in [-0.39, 0.29) is 29.6 Å². The van der Waals surface area contributed by atoms with Gasteiger partial charge >= 0.3 is 0 Å². The van der Waals surface area contributed by atoms with Crippen LogP contribution in [0.4, 0.5) is 10.2 Å². The molecular formula is C44H43FN14O2. The molecule has 10 rings (SSSR count). The fraction of sp³-hybridized carbons (Fsp3) is 0.227. The molecule has 2 atom stereocenters. The molecule has 61 heavy (non-hydrogen) atoms. The molecule has 6 aromatic heterocycles. The van der Waals surface area contributed by atoms with Crippen LogP contribution in [0, 0.1) is 19.8 Å². The Bertz CT molecular complexity index is 2880. The van der Waals surface area contributed by atoms with Gasteiger partial charge in [-0.2, -0.15) is 4.39 Å². The Morgan fingerprint density at radius 2 is 1.20 bits per heavy atom. The number of halogens is 1. The van der Waals surface area contributed by atoms with E-state index in [1.807, 2.05) is 57.2 Å². The van der Waals surface area contributed by atoms with Crippen LogP contribution in [0.1, 0.15) is 80.8 Å². The van der Waals surface area contributed by atoms with E-state index >= 15 is 0 Å². The predicted octanol–water partition coefficient (Wildman–Crippen LogP) is 6.04. The van der Waals surface area contributed by atoms with E-state index in [4.69, 9.17) is 15.7 Å². The minimum Gasteiger partial charge on any atom is -0.360 e. The highest BCUT2D eigenvalue weighted by Gasteiger charge is 2.23. The Morgan fingerprint density at radius 3 is 1.69 bits per heavy atom. The van der Waals surface area contributed by atoms with Crippen molar-refractivity contribution in [1.82, 2.24) is 60.5 Å². The summed E-state index contributed by atoms with van der Waals surface area (Å²) in [6.07, 6.45) is 11.5. The molecule has 0 spiro atoms. The first-order valence-electron chi connectivity index (χ1n) is 19.8. The van der Waals surface area contributed by atoms with Crippen molar-refractivity contribution >= 4 is 39.7 Å². The molecule has 2 unspecified atom stereocenters. The van der Waals surface area contributed by atoms with E-state index < -0.39 is 5.95 Å². The zero-order chi connectivity index (χ0) is 42.6. The quantitative estimate of drug-likeness (QED) is 0.113. The largest absolute Gasteiger partial charge is 0.360 e. The van der Waals surface area contributed by atoms with E-state index in [1.165, 1.54) is 0 Å². The number of carbonyl (C=O) groups is 2. The number of rotatable bonds is 6. The molecule has 2 aliphatic heterocycles. The molecule has 17 heteroatoms. The van der Waals surface area contributed by atoms with E-state index in [0.717, 1.165) is 74.9 Å². The first-order valence-corrected chi connectivity index (χ1v) is 19.8. The summed E-state index contributed by atoms with van der Waals surface area (Å²) in [7, 11) is 0. The summed E-state index contributed by atoms with van der Waals surface area (Å²) in [5.74, 6) is -0.00524. The van der Waals surface area contributed by atoms with Crippen molar-refractivity contribution in [2.45, 2.75) is 52.6 Å². The van der Waals surface area contributed by atoms with Gasteiger partial charge in [0.1, 0.15) is 16.9 Å². The normalized spacial score (nSPS) is 14.0. The number of amides is 2. The van der Waals surface area contributed by atoms with Gasteiger partial charge in [0.15, 0.2) is 0 Å². The summed E-state index contributed by atoms with van der Waals surface area (Å²) < 4.78 is 13.8. The lowest BCUT2D eigenvalue weighted by Gasteiger charge is -2.16. The van der Waals surface area contributed by atoms with Crippen LogP contribution >= 0.6 is 0 Å². The highest BCUT2D eigenvalue weighted by molar-refractivity contribution is 6.00. The number of H-pyrrole nitrogens is 2.